The first-order chi connectivity index (χ1) is 4.21. The summed E-state index contributed by atoms with van der Waals surface area (Å²) in [5.41, 5.74) is 0.560. The zero-order valence-electron chi connectivity index (χ0n) is 6.48. The monoisotopic (exact) mass is 145 g/mol. The van der Waals surface area contributed by atoms with Crippen LogP contribution in [0.15, 0.2) is 0 Å². The van der Waals surface area contributed by atoms with E-state index < -0.39 is 0 Å². The van der Waals surface area contributed by atoms with Crippen molar-refractivity contribution in [2.45, 2.75) is 18.9 Å². The molecule has 0 N–H and O–H groups in total. The van der Waals surface area contributed by atoms with Crippen molar-refractivity contribution in [2.24, 2.45) is 0 Å². The lowest BCUT2D eigenvalue weighted by atomic mass is 9.99. The largest absolute Gasteiger partial charge is 0.302 e. The van der Waals surface area contributed by atoms with E-state index in [-0.39, 0.29) is 0 Å². The molecule has 9 heavy (non-hydrogen) atoms. The van der Waals surface area contributed by atoms with E-state index in [2.05, 4.69) is 37.7 Å². The van der Waals surface area contributed by atoms with E-state index in [1.807, 2.05) is 0 Å². The van der Waals surface area contributed by atoms with Gasteiger partial charge in [0.05, 0.1) is 0 Å². The Morgan fingerprint density at radius 1 is 1.44 bits per heavy atom. The van der Waals surface area contributed by atoms with Gasteiger partial charge in [0.2, 0.25) is 0 Å². The van der Waals surface area contributed by atoms with Gasteiger partial charge in [-0.2, -0.15) is 11.8 Å². The summed E-state index contributed by atoms with van der Waals surface area (Å²) < 4.78 is 0. The maximum atomic E-state index is 2.36. The zero-order chi connectivity index (χ0) is 6.91. The molecule has 1 heterocycles. The molecule has 0 aromatic carbocycles. The number of hydrogen-bond donors (Lipinski definition) is 0. The van der Waals surface area contributed by atoms with Gasteiger partial charge in [-0.1, -0.05) is 6.92 Å². The Balaban J connectivity index is 2.46. The van der Waals surface area contributed by atoms with Crippen molar-refractivity contribution in [2.75, 3.05) is 25.6 Å². The van der Waals surface area contributed by atoms with E-state index in [9.17, 15) is 0 Å². The summed E-state index contributed by atoms with van der Waals surface area (Å²) in [4.78, 5) is 2.36. The second kappa shape index (κ2) is 2.51. The van der Waals surface area contributed by atoms with E-state index in [0.717, 1.165) is 0 Å². The molecule has 0 aromatic heterocycles. The summed E-state index contributed by atoms with van der Waals surface area (Å²) in [6.07, 6.45) is 1.30. The van der Waals surface area contributed by atoms with Gasteiger partial charge in [-0.15, -0.1) is 0 Å². The van der Waals surface area contributed by atoms with Crippen LogP contribution in [0.1, 0.15) is 13.3 Å². The number of thioether (sulfide) groups is 1. The molecule has 0 aromatic rings. The van der Waals surface area contributed by atoms with Crippen LogP contribution in [0.5, 0.6) is 0 Å². The summed E-state index contributed by atoms with van der Waals surface area (Å²) in [6, 6.07) is 0. The highest BCUT2D eigenvalue weighted by Crippen LogP contribution is 2.35. The minimum Gasteiger partial charge on any atom is -0.302 e. The molecule has 0 spiro atoms. The van der Waals surface area contributed by atoms with Crippen molar-refractivity contribution in [1.82, 2.24) is 4.90 Å². The van der Waals surface area contributed by atoms with Gasteiger partial charge in [0.15, 0.2) is 0 Å². The zero-order valence-corrected chi connectivity index (χ0v) is 7.29. The van der Waals surface area contributed by atoms with E-state index in [1.165, 1.54) is 17.9 Å². The highest BCUT2D eigenvalue weighted by molar-refractivity contribution is 8.00. The number of rotatable bonds is 2. The van der Waals surface area contributed by atoms with Crippen LogP contribution in [0.4, 0.5) is 0 Å². The third-order valence-corrected chi connectivity index (χ3v) is 3.83. The SMILES string of the molecule is CCC1(N(C)C)CSC1. The molecule has 0 unspecified atom stereocenters. The van der Waals surface area contributed by atoms with Crippen LogP contribution in [-0.4, -0.2) is 36.0 Å². The van der Waals surface area contributed by atoms with Gasteiger partial charge >= 0.3 is 0 Å². The maximum Gasteiger partial charge on any atom is 0.0381 e. The summed E-state index contributed by atoms with van der Waals surface area (Å²) in [7, 11) is 4.37. The van der Waals surface area contributed by atoms with Crippen molar-refractivity contribution >= 4 is 11.8 Å². The van der Waals surface area contributed by atoms with Crippen LogP contribution < -0.4 is 0 Å². The summed E-state index contributed by atoms with van der Waals surface area (Å²) in [6.45, 7) is 2.28. The fourth-order valence-corrected chi connectivity index (χ4v) is 2.72. The number of nitrogens with zero attached hydrogens (tertiary/aromatic N) is 1. The Morgan fingerprint density at radius 3 is 2.00 bits per heavy atom. The summed E-state index contributed by atoms with van der Waals surface area (Å²) >= 11 is 2.06. The molecule has 0 atom stereocenters. The molecule has 0 aliphatic carbocycles. The molecule has 0 radical (unpaired) electrons. The molecule has 1 aliphatic rings. The van der Waals surface area contributed by atoms with E-state index >= 15 is 0 Å². The average molecular weight is 145 g/mol. The standard InChI is InChI=1S/C7H15NS/c1-4-7(8(2)3)5-9-6-7/h4-6H2,1-3H3. The summed E-state index contributed by atoms with van der Waals surface area (Å²) in [5, 5.41) is 0. The van der Waals surface area contributed by atoms with Crippen molar-refractivity contribution in [3.63, 3.8) is 0 Å². The second-order valence-corrected chi connectivity index (χ2v) is 3.95. The minimum absolute atomic E-state index is 0.560. The molecule has 1 fully saturated rings. The predicted octanol–water partition coefficient (Wildman–Crippen LogP) is 1.44. The highest BCUT2D eigenvalue weighted by Gasteiger charge is 2.37. The first kappa shape index (κ1) is 7.42. The molecular weight excluding hydrogens is 130 g/mol. The molecule has 1 rings (SSSR count). The van der Waals surface area contributed by atoms with Crippen molar-refractivity contribution < 1.29 is 0 Å². The first-order valence-corrected chi connectivity index (χ1v) is 4.62. The lowest BCUT2D eigenvalue weighted by Crippen LogP contribution is -2.54. The third-order valence-electron chi connectivity index (χ3n) is 2.35. The molecule has 1 saturated heterocycles. The van der Waals surface area contributed by atoms with Crippen LogP contribution in [0.2, 0.25) is 0 Å². The van der Waals surface area contributed by atoms with Crippen LogP contribution in [0.3, 0.4) is 0 Å². The Labute approximate surface area is 61.8 Å². The Morgan fingerprint density at radius 2 is 2.00 bits per heavy atom. The van der Waals surface area contributed by atoms with Gasteiger partial charge in [-0.25, -0.2) is 0 Å². The van der Waals surface area contributed by atoms with E-state index in [0.29, 0.717) is 5.54 Å². The van der Waals surface area contributed by atoms with Crippen LogP contribution in [-0.2, 0) is 0 Å². The van der Waals surface area contributed by atoms with Crippen LogP contribution in [0.25, 0.3) is 0 Å². The predicted molar refractivity (Wildman–Crippen MR) is 44.0 cm³/mol. The van der Waals surface area contributed by atoms with Gasteiger partial charge in [0.25, 0.3) is 0 Å². The summed E-state index contributed by atoms with van der Waals surface area (Å²) in [5.74, 6) is 2.66. The number of hydrogen-bond acceptors (Lipinski definition) is 2. The topological polar surface area (TPSA) is 3.24 Å². The van der Waals surface area contributed by atoms with E-state index in [4.69, 9.17) is 0 Å². The maximum absolute atomic E-state index is 2.36. The Hall–Kier alpha value is 0.310. The lowest BCUT2D eigenvalue weighted by molar-refractivity contribution is 0.187. The van der Waals surface area contributed by atoms with Crippen molar-refractivity contribution in [3.05, 3.63) is 0 Å². The van der Waals surface area contributed by atoms with Gasteiger partial charge in [0.1, 0.15) is 0 Å². The molecule has 54 valence electrons. The fraction of sp³-hybridized carbons (Fsp3) is 1.00. The lowest BCUT2D eigenvalue weighted by Gasteiger charge is -2.46. The third kappa shape index (κ3) is 1.10. The quantitative estimate of drug-likeness (QED) is 0.578. The van der Waals surface area contributed by atoms with Gasteiger partial charge in [0, 0.05) is 17.0 Å². The van der Waals surface area contributed by atoms with E-state index in [1.54, 1.807) is 0 Å². The molecule has 0 bridgehead atoms. The Bertz CT molecular complexity index is 91.6. The molecule has 0 amide bonds. The fourth-order valence-electron chi connectivity index (χ4n) is 1.12. The van der Waals surface area contributed by atoms with Gasteiger partial charge in [-0.3, -0.25) is 0 Å². The Kier molecular flexibility index (Phi) is 2.07. The molecule has 2 heteroatoms. The average Bonchev–Trinajstić information content (AvgIpc) is 1.62. The van der Waals surface area contributed by atoms with Crippen molar-refractivity contribution in [1.29, 1.82) is 0 Å². The van der Waals surface area contributed by atoms with Gasteiger partial charge in [-0.05, 0) is 20.5 Å². The molecule has 1 nitrogen and oxygen atoms in total. The molecule has 1 aliphatic heterocycles. The molecule has 0 saturated carbocycles. The first-order valence-electron chi connectivity index (χ1n) is 3.46. The van der Waals surface area contributed by atoms with Crippen molar-refractivity contribution in [3.8, 4) is 0 Å². The van der Waals surface area contributed by atoms with Crippen LogP contribution >= 0.6 is 11.8 Å². The van der Waals surface area contributed by atoms with Gasteiger partial charge < -0.3 is 4.90 Å². The molecular formula is C7H15NS. The minimum atomic E-state index is 0.560. The second-order valence-electron chi connectivity index (χ2n) is 2.97. The highest BCUT2D eigenvalue weighted by atomic mass is 32.2. The smallest absolute Gasteiger partial charge is 0.0381 e. The van der Waals surface area contributed by atoms with Crippen LogP contribution in [0, 0.1) is 0 Å². The normalized spacial score (nSPS) is 24.0.